The standard InChI is InChI=1S/C16H18N2O3S2/c1-11(19)17-10-13-7-9-16(22-13)23(20,21)18-15-8-6-12-4-2-3-5-14(12)15/h2-5,7,9,15,18H,6,8,10H2,1H3,(H,17,19). The topological polar surface area (TPSA) is 75.3 Å². The predicted molar refractivity (Wildman–Crippen MR) is 89.7 cm³/mol. The first-order valence-corrected chi connectivity index (χ1v) is 9.69. The molecular weight excluding hydrogens is 332 g/mol. The highest BCUT2D eigenvalue weighted by molar-refractivity contribution is 7.91. The normalized spacial score (nSPS) is 17.0. The number of nitrogens with one attached hydrogen (secondary N) is 2. The van der Waals surface area contributed by atoms with Crippen molar-refractivity contribution in [2.24, 2.45) is 0 Å². The highest BCUT2D eigenvalue weighted by Crippen LogP contribution is 2.32. The summed E-state index contributed by atoms with van der Waals surface area (Å²) in [7, 11) is -3.55. The van der Waals surface area contributed by atoms with Crippen LogP contribution < -0.4 is 10.0 Å². The van der Waals surface area contributed by atoms with Crippen LogP contribution >= 0.6 is 11.3 Å². The van der Waals surface area contributed by atoms with Crippen molar-refractivity contribution in [1.82, 2.24) is 10.0 Å². The molecule has 1 amide bonds. The Morgan fingerprint density at radius 2 is 2.04 bits per heavy atom. The maximum absolute atomic E-state index is 12.6. The number of rotatable bonds is 5. The fourth-order valence-corrected chi connectivity index (χ4v) is 5.30. The van der Waals surface area contributed by atoms with Crippen molar-refractivity contribution in [2.45, 2.75) is 36.6 Å². The summed E-state index contributed by atoms with van der Waals surface area (Å²) in [6.07, 6.45) is 1.67. The molecular formula is C16H18N2O3S2. The summed E-state index contributed by atoms with van der Waals surface area (Å²) >= 11 is 1.18. The second-order valence-electron chi connectivity index (χ2n) is 5.54. The maximum Gasteiger partial charge on any atom is 0.250 e. The molecule has 2 N–H and O–H groups in total. The van der Waals surface area contributed by atoms with Crippen molar-refractivity contribution in [3.63, 3.8) is 0 Å². The third-order valence-electron chi connectivity index (χ3n) is 3.84. The van der Waals surface area contributed by atoms with E-state index in [1.165, 1.54) is 23.8 Å². The Labute approximate surface area is 139 Å². The molecule has 0 spiro atoms. The van der Waals surface area contributed by atoms with Crippen molar-refractivity contribution >= 4 is 27.3 Å². The Hall–Kier alpha value is -1.70. The third kappa shape index (κ3) is 3.63. The van der Waals surface area contributed by atoms with Gasteiger partial charge in [0.15, 0.2) is 0 Å². The molecule has 0 fully saturated rings. The van der Waals surface area contributed by atoms with Crippen LogP contribution in [0.2, 0.25) is 0 Å². The summed E-state index contributed by atoms with van der Waals surface area (Å²) in [5.41, 5.74) is 2.27. The van der Waals surface area contributed by atoms with E-state index in [9.17, 15) is 13.2 Å². The molecule has 1 atom stereocenters. The summed E-state index contributed by atoms with van der Waals surface area (Å²) in [4.78, 5) is 11.7. The first-order chi connectivity index (χ1) is 11.0. The molecule has 1 heterocycles. The van der Waals surface area contributed by atoms with E-state index in [2.05, 4.69) is 10.0 Å². The lowest BCUT2D eigenvalue weighted by Crippen LogP contribution is -2.26. The molecule has 3 rings (SSSR count). The third-order valence-corrected chi connectivity index (χ3v) is 6.89. The Morgan fingerprint density at radius 1 is 1.26 bits per heavy atom. The molecule has 0 aliphatic heterocycles. The minimum atomic E-state index is -3.55. The Bertz CT molecular complexity index is 827. The number of sulfonamides is 1. The molecule has 1 aromatic heterocycles. The van der Waals surface area contributed by atoms with Crippen LogP contribution in [-0.4, -0.2) is 14.3 Å². The van der Waals surface area contributed by atoms with Crippen LogP contribution in [0.3, 0.4) is 0 Å². The van der Waals surface area contributed by atoms with Crippen LogP contribution in [0.5, 0.6) is 0 Å². The van der Waals surface area contributed by atoms with E-state index < -0.39 is 10.0 Å². The van der Waals surface area contributed by atoms with Gasteiger partial charge in [0.2, 0.25) is 5.91 Å². The van der Waals surface area contributed by atoms with E-state index in [1.54, 1.807) is 12.1 Å². The fourth-order valence-electron chi connectivity index (χ4n) is 2.73. The van der Waals surface area contributed by atoms with Crippen LogP contribution in [0.4, 0.5) is 0 Å². The van der Waals surface area contributed by atoms with E-state index in [1.807, 2.05) is 24.3 Å². The van der Waals surface area contributed by atoms with Crippen LogP contribution in [0.1, 0.15) is 35.4 Å². The lowest BCUT2D eigenvalue weighted by atomic mass is 10.1. The van der Waals surface area contributed by atoms with Gasteiger partial charge in [0.25, 0.3) is 10.0 Å². The van der Waals surface area contributed by atoms with Gasteiger partial charge in [-0.05, 0) is 36.1 Å². The number of benzene rings is 1. The monoisotopic (exact) mass is 350 g/mol. The minimum absolute atomic E-state index is 0.136. The summed E-state index contributed by atoms with van der Waals surface area (Å²) in [5.74, 6) is -0.136. The quantitative estimate of drug-likeness (QED) is 0.869. The van der Waals surface area contributed by atoms with Crippen LogP contribution in [0.15, 0.2) is 40.6 Å². The van der Waals surface area contributed by atoms with Crippen molar-refractivity contribution in [3.8, 4) is 0 Å². The number of aryl methyl sites for hydroxylation is 1. The number of carbonyl (C=O) groups excluding carboxylic acids is 1. The number of carbonyl (C=O) groups is 1. The minimum Gasteiger partial charge on any atom is -0.351 e. The molecule has 23 heavy (non-hydrogen) atoms. The van der Waals surface area contributed by atoms with Gasteiger partial charge < -0.3 is 5.32 Å². The molecule has 7 heteroatoms. The number of fused-ring (bicyclic) bond motifs is 1. The van der Waals surface area contributed by atoms with E-state index >= 15 is 0 Å². The van der Waals surface area contributed by atoms with Gasteiger partial charge in [0.05, 0.1) is 6.54 Å². The van der Waals surface area contributed by atoms with Gasteiger partial charge in [-0.1, -0.05) is 24.3 Å². The zero-order valence-corrected chi connectivity index (χ0v) is 14.3. The Morgan fingerprint density at radius 3 is 2.83 bits per heavy atom. The van der Waals surface area contributed by atoms with Crippen LogP contribution in [0, 0.1) is 0 Å². The number of hydrogen-bond donors (Lipinski definition) is 2. The highest BCUT2D eigenvalue weighted by Gasteiger charge is 2.27. The van der Waals surface area contributed by atoms with E-state index in [-0.39, 0.29) is 16.2 Å². The lowest BCUT2D eigenvalue weighted by Gasteiger charge is -2.13. The molecule has 5 nitrogen and oxygen atoms in total. The predicted octanol–water partition coefficient (Wildman–Crippen LogP) is 2.35. The maximum atomic E-state index is 12.6. The average molecular weight is 350 g/mol. The number of hydrogen-bond acceptors (Lipinski definition) is 4. The number of amides is 1. The van der Waals surface area contributed by atoms with Crippen molar-refractivity contribution in [3.05, 3.63) is 52.4 Å². The molecule has 122 valence electrons. The van der Waals surface area contributed by atoms with E-state index in [4.69, 9.17) is 0 Å². The molecule has 0 saturated carbocycles. The Balaban J connectivity index is 1.74. The van der Waals surface area contributed by atoms with Crippen LogP contribution in [-0.2, 0) is 27.8 Å². The van der Waals surface area contributed by atoms with Crippen molar-refractivity contribution in [1.29, 1.82) is 0 Å². The fraction of sp³-hybridized carbons (Fsp3) is 0.312. The van der Waals surface area contributed by atoms with Crippen molar-refractivity contribution < 1.29 is 13.2 Å². The van der Waals surface area contributed by atoms with Crippen molar-refractivity contribution in [2.75, 3.05) is 0 Å². The smallest absolute Gasteiger partial charge is 0.250 e. The van der Waals surface area contributed by atoms with Gasteiger partial charge in [0, 0.05) is 17.8 Å². The second kappa shape index (κ2) is 6.43. The molecule has 1 aliphatic rings. The summed E-state index contributed by atoms with van der Waals surface area (Å²) in [6, 6.07) is 11.1. The molecule has 1 aromatic carbocycles. The van der Waals surface area contributed by atoms with E-state index in [0.717, 1.165) is 23.3 Å². The average Bonchev–Trinajstić information content (AvgIpc) is 3.13. The molecule has 0 radical (unpaired) electrons. The largest absolute Gasteiger partial charge is 0.351 e. The zero-order chi connectivity index (χ0) is 16.4. The van der Waals surface area contributed by atoms with E-state index in [0.29, 0.717) is 6.54 Å². The molecule has 2 aromatic rings. The first-order valence-electron chi connectivity index (χ1n) is 7.39. The van der Waals surface area contributed by atoms with Gasteiger partial charge >= 0.3 is 0 Å². The Kier molecular flexibility index (Phi) is 4.52. The molecule has 1 aliphatic carbocycles. The summed E-state index contributed by atoms with van der Waals surface area (Å²) in [5, 5.41) is 2.67. The van der Waals surface area contributed by atoms with Gasteiger partial charge in [-0.2, -0.15) is 0 Å². The van der Waals surface area contributed by atoms with Crippen LogP contribution in [0.25, 0.3) is 0 Å². The van der Waals surface area contributed by atoms with Gasteiger partial charge in [-0.15, -0.1) is 11.3 Å². The van der Waals surface area contributed by atoms with Gasteiger partial charge in [-0.3, -0.25) is 4.79 Å². The second-order valence-corrected chi connectivity index (χ2v) is 8.65. The van der Waals surface area contributed by atoms with Gasteiger partial charge in [-0.25, -0.2) is 13.1 Å². The number of thiophene rings is 1. The molecule has 1 unspecified atom stereocenters. The first kappa shape index (κ1) is 16.2. The SMILES string of the molecule is CC(=O)NCc1ccc(S(=O)(=O)NC2CCc3ccccc32)s1. The zero-order valence-electron chi connectivity index (χ0n) is 12.7. The molecule has 0 saturated heterocycles. The van der Waals surface area contributed by atoms with Gasteiger partial charge in [0.1, 0.15) is 4.21 Å². The lowest BCUT2D eigenvalue weighted by molar-refractivity contribution is -0.119. The molecule has 0 bridgehead atoms. The highest BCUT2D eigenvalue weighted by atomic mass is 32.2. The summed E-state index contributed by atoms with van der Waals surface area (Å²) < 4.78 is 28.2. The summed E-state index contributed by atoms with van der Waals surface area (Å²) in [6.45, 7) is 1.78.